The van der Waals surface area contributed by atoms with Crippen LogP contribution >= 0.6 is 15.9 Å². The normalized spacial score (nSPS) is 24.7. The number of carbonyl (C=O) groups excluding carboxylic acids is 1. The lowest BCUT2D eigenvalue weighted by atomic mass is 9.89. The molecule has 0 aliphatic carbocycles. The van der Waals surface area contributed by atoms with Crippen LogP contribution in [0.1, 0.15) is 23.5 Å². The molecule has 49 heavy (non-hydrogen) atoms. The van der Waals surface area contributed by atoms with Crippen LogP contribution in [-0.2, 0) is 39.8 Å². The molecular weight excluding hydrogens is 732 g/mol. The second-order valence-electron chi connectivity index (χ2n) is 11.1. The SMILES string of the molecule is COC(=O)[C@@H](OCc1ccc(Br)cc1)[C@@H]1OC2COC(c3ccccc3)O[C@@H]2[C@H](n2cc(-c3cc(F)c(F)c(F)c3)nn2)C1OC(F)(F)F. The van der Waals surface area contributed by atoms with Gasteiger partial charge in [-0.25, -0.2) is 22.6 Å². The van der Waals surface area contributed by atoms with E-state index >= 15 is 0 Å². The third-order valence-corrected chi connectivity index (χ3v) is 8.43. The molecule has 3 unspecified atom stereocenters. The molecule has 2 aliphatic heterocycles. The average Bonchev–Trinajstić information content (AvgIpc) is 3.57. The fourth-order valence-corrected chi connectivity index (χ4v) is 5.95. The highest BCUT2D eigenvalue weighted by Crippen LogP contribution is 2.43. The molecule has 0 saturated carbocycles. The van der Waals surface area contributed by atoms with E-state index in [1.807, 2.05) is 0 Å². The summed E-state index contributed by atoms with van der Waals surface area (Å²) in [6, 6.07) is 15.1. The summed E-state index contributed by atoms with van der Waals surface area (Å²) in [5, 5.41) is 7.86. The molecule has 17 heteroatoms. The van der Waals surface area contributed by atoms with Gasteiger partial charge in [-0.3, -0.25) is 4.74 Å². The first-order chi connectivity index (χ1) is 23.4. The highest BCUT2D eigenvalue weighted by Gasteiger charge is 2.58. The number of benzene rings is 3. The van der Waals surface area contributed by atoms with Gasteiger partial charge in [0.05, 0.1) is 26.5 Å². The number of alkyl halides is 3. The van der Waals surface area contributed by atoms with E-state index < -0.39 is 72.6 Å². The molecule has 0 bridgehead atoms. The van der Waals surface area contributed by atoms with Crippen LogP contribution in [0.5, 0.6) is 0 Å². The number of rotatable bonds is 9. The Morgan fingerprint density at radius 1 is 1.04 bits per heavy atom. The molecule has 0 amide bonds. The molecule has 0 N–H and O–H groups in total. The summed E-state index contributed by atoms with van der Waals surface area (Å²) in [5.41, 5.74) is 0.643. The lowest BCUT2D eigenvalue weighted by Gasteiger charge is -2.50. The van der Waals surface area contributed by atoms with E-state index in [1.165, 1.54) is 0 Å². The largest absolute Gasteiger partial charge is 0.522 e. The summed E-state index contributed by atoms with van der Waals surface area (Å²) in [6.45, 7) is -0.449. The van der Waals surface area contributed by atoms with E-state index in [4.69, 9.17) is 23.7 Å². The Balaban J connectivity index is 1.42. The topological polar surface area (TPSA) is 103 Å². The quantitative estimate of drug-likeness (QED) is 0.112. The standard InChI is InChI=1S/C32H26BrF6N3O7/c1-44-30(43)29(45-14-16-7-9-19(33)10-8-16)28-27(49-32(37,38)39)25(26-23(47-28)15-46-31(48-26)17-5-3-2-4-6-17)42-13-22(40-41-42)18-11-20(34)24(36)21(35)12-18/h2-13,23,25-29,31H,14-15H2,1H3/t23?,25-,26-,27?,28+,29-,31?/m0/s1. The number of esters is 1. The number of fused-ring (bicyclic) bond motifs is 1. The number of ether oxygens (including phenoxy) is 6. The smallest absolute Gasteiger partial charge is 0.467 e. The first-order valence-corrected chi connectivity index (χ1v) is 15.4. The molecule has 260 valence electrons. The van der Waals surface area contributed by atoms with Crippen molar-refractivity contribution in [2.75, 3.05) is 13.7 Å². The van der Waals surface area contributed by atoms with Crippen molar-refractivity contribution in [1.82, 2.24) is 15.0 Å². The summed E-state index contributed by atoms with van der Waals surface area (Å²) >= 11 is 3.32. The summed E-state index contributed by atoms with van der Waals surface area (Å²) in [4.78, 5) is 13.1. The predicted octanol–water partition coefficient (Wildman–Crippen LogP) is 6.21. The van der Waals surface area contributed by atoms with E-state index in [0.717, 1.165) is 22.5 Å². The molecule has 6 rings (SSSR count). The van der Waals surface area contributed by atoms with Crippen molar-refractivity contribution in [1.29, 1.82) is 0 Å². The zero-order valence-electron chi connectivity index (χ0n) is 25.2. The van der Waals surface area contributed by atoms with Gasteiger partial charge in [-0.1, -0.05) is 63.6 Å². The van der Waals surface area contributed by atoms with Crippen LogP contribution in [0.4, 0.5) is 26.3 Å². The van der Waals surface area contributed by atoms with Crippen LogP contribution in [0.15, 0.2) is 77.4 Å². The maximum absolute atomic E-state index is 14.2. The molecule has 0 spiro atoms. The molecule has 3 heterocycles. The molecule has 2 aliphatic rings. The minimum atomic E-state index is -5.29. The fourth-order valence-electron chi connectivity index (χ4n) is 5.68. The fraction of sp³-hybridized carbons (Fsp3) is 0.344. The second kappa shape index (κ2) is 14.5. The van der Waals surface area contributed by atoms with Crippen LogP contribution < -0.4 is 0 Å². The Kier molecular flexibility index (Phi) is 10.4. The molecule has 10 nitrogen and oxygen atoms in total. The van der Waals surface area contributed by atoms with Gasteiger partial charge in [0.2, 0.25) is 0 Å². The van der Waals surface area contributed by atoms with E-state index in [2.05, 4.69) is 31.0 Å². The van der Waals surface area contributed by atoms with Gasteiger partial charge in [-0.15, -0.1) is 18.3 Å². The van der Waals surface area contributed by atoms with Gasteiger partial charge >= 0.3 is 12.3 Å². The first kappa shape index (κ1) is 35.0. The first-order valence-electron chi connectivity index (χ1n) is 14.6. The highest BCUT2D eigenvalue weighted by atomic mass is 79.9. The van der Waals surface area contributed by atoms with Crippen molar-refractivity contribution in [2.24, 2.45) is 0 Å². The number of hydrogen-bond donors (Lipinski definition) is 0. The van der Waals surface area contributed by atoms with E-state index in [1.54, 1.807) is 54.6 Å². The van der Waals surface area contributed by atoms with Crippen molar-refractivity contribution in [3.05, 3.63) is 106 Å². The Bertz CT molecular complexity index is 1740. The highest BCUT2D eigenvalue weighted by molar-refractivity contribution is 9.10. The molecular formula is C32H26BrF6N3O7. The lowest BCUT2D eigenvalue weighted by molar-refractivity contribution is -0.393. The van der Waals surface area contributed by atoms with Crippen LogP contribution in [0.3, 0.4) is 0 Å². The van der Waals surface area contributed by atoms with Gasteiger partial charge in [-0.05, 0) is 29.8 Å². The number of nitrogens with zero attached hydrogens (tertiary/aromatic N) is 3. The Morgan fingerprint density at radius 3 is 2.39 bits per heavy atom. The number of carbonyl (C=O) groups is 1. The van der Waals surface area contributed by atoms with Gasteiger partial charge in [-0.2, -0.15) is 0 Å². The van der Waals surface area contributed by atoms with Crippen molar-refractivity contribution in [3.8, 4) is 11.3 Å². The maximum atomic E-state index is 14.2. The minimum Gasteiger partial charge on any atom is -0.467 e. The average molecular weight is 758 g/mol. The maximum Gasteiger partial charge on any atom is 0.522 e. The molecule has 3 aromatic carbocycles. The third kappa shape index (κ3) is 7.81. The molecule has 7 atom stereocenters. The van der Waals surface area contributed by atoms with Crippen LogP contribution in [0, 0.1) is 17.5 Å². The molecule has 2 fully saturated rings. The Hall–Kier alpha value is -3.87. The minimum absolute atomic E-state index is 0.216. The van der Waals surface area contributed by atoms with Gasteiger partial charge in [0, 0.05) is 15.6 Å². The monoisotopic (exact) mass is 757 g/mol. The van der Waals surface area contributed by atoms with Gasteiger partial charge in [0.1, 0.15) is 36.2 Å². The second-order valence-corrected chi connectivity index (χ2v) is 12.0. The summed E-state index contributed by atoms with van der Waals surface area (Å²) < 4.78 is 120. The molecule has 1 aromatic heterocycles. The van der Waals surface area contributed by atoms with E-state index in [9.17, 15) is 31.1 Å². The van der Waals surface area contributed by atoms with E-state index in [0.29, 0.717) is 23.3 Å². The Labute approximate surface area is 282 Å². The van der Waals surface area contributed by atoms with Gasteiger partial charge in [0.15, 0.2) is 29.8 Å². The number of methoxy groups -OCH3 is 1. The third-order valence-electron chi connectivity index (χ3n) is 7.90. The molecule has 4 aromatic rings. The lowest BCUT2D eigenvalue weighted by Crippen LogP contribution is -2.64. The van der Waals surface area contributed by atoms with Crippen molar-refractivity contribution in [3.63, 3.8) is 0 Å². The van der Waals surface area contributed by atoms with Crippen molar-refractivity contribution < 1.29 is 59.6 Å². The van der Waals surface area contributed by atoms with Crippen LogP contribution in [0.2, 0.25) is 0 Å². The summed E-state index contributed by atoms with van der Waals surface area (Å²) in [7, 11) is 1.03. The van der Waals surface area contributed by atoms with Gasteiger partial charge in [0.25, 0.3) is 0 Å². The number of aromatic nitrogens is 3. The van der Waals surface area contributed by atoms with Crippen LogP contribution in [0.25, 0.3) is 11.3 Å². The molecule has 2 saturated heterocycles. The summed E-state index contributed by atoms with van der Waals surface area (Å²) in [5.74, 6) is -5.82. The zero-order valence-corrected chi connectivity index (χ0v) is 26.8. The van der Waals surface area contributed by atoms with Gasteiger partial charge < -0.3 is 23.7 Å². The van der Waals surface area contributed by atoms with Crippen LogP contribution in [-0.4, -0.2) is 71.6 Å². The summed E-state index contributed by atoms with van der Waals surface area (Å²) in [6.07, 6.45) is -13.4. The molecule has 0 radical (unpaired) electrons. The number of halogens is 7. The van der Waals surface area contributed by atoms with Crippen molar-refractivity contribution >= 4 is 21.9 Å². The zero-order chi connectivity index (χ0) is 34.9. The predicted molar refractivity (Wildman–Crippen MR) is 159 cm³/mol. The number of hydrogen-bond acceptors (Lipinski definition) is 9. The Morgan fingerprint density at radius 2 is 1.73 bits per heavy atom. The van der Waals surface area contributed by atoms with E-state index in [-0.39, 0.29) is 24.5 Å². The van der Waals surface area contributed by atoms with Crippen molar-refractivity contribution in [2.45, 2.75) is 55.8 Å².